The summed E-state index contributed by atoms with van der Waals surface area (Å²) in [5, 5.41) is 14.2. The monoisotopic (exact) mass is 241 g/mol. The number of halogens is 3. The fraction of sp³-hybridized carbons (Fsp3) is 0.750. The van der Waals surface area contributed by atoms with E-state index in [2.05, 4.69) is 0 Å². The molecule has 0 atom stereocenters. The van der Waals surface area contributed by atoms with Crippen LogP contribution in [0.25, 0.3) is 0 Å². The number of guanidine groups is 1. The van der Waals surface area contributed by atoms with Crippen molar-refractivity contribution in [2.45, 2.75) is 25.4 Å². The molecule has 0 spiro atoms. The molecule has 1 aliphatic heterocycles. The van der Waals surface area contributed by atoms with Gasteiger partial charge in [-0.25, -0.2) is 4.79 Å². The van der Waals surface area contributed by atoms with Gasteiger partial charge in [0.1, 0.15) is 0 Å². The number of hydrogen-bond acceptors (Lipinski definition) is 2. The molecule has 8 heteroatoms. The van der Waals surface area contributed by atoms with Crippen LogP contribution in [0.4, 0.5) is 13.2 Å². The smallest absolute Gasteiger partial charge is 0.475 e. The first-order valence-electron chi connectivity index (χ1n) is 4.64. The molecule has 0 aliphatic carbocycles. The maximum absolute atomic E-state index is 10.6. The molecule has 1 heterocycles. The van der Waals surface area contributed by atoms with Crippen LogP contribution in [0.1, 0.15) is 19.3 Å². The highest BCUT2D eigenvalue weighted by molar-refractivity contribution is 5.74. The first kappa shape index (κ1) is 14.5. The van der Waals surface area contributed by atoms with Gasteiger partial charge in [-0.1, -0.05) is 0 Å². The molecule has 94 valence electrons. The van der Waals surface area contributed by atoms with Crippen LogP contribution in [0.5, 0.6) is 0 Å². The maximum Gasteiger partial charge on any atom is 0.490 e. The quantitative estimate of drug-likeness (QED) is 0.436. The summed E-state index contributed by atoms with van der Waals surface area (Å²) in [6.45, 7) is 1.96. The van der Waals surface area contributed by atoms with Gasteiger partial charge >= 0.3 is 12.1 Å². The predicted octanol–water partition coefficient (Wildman–Crippen LogP) is 0.999. The van der Waals surface area contributed by atoms with Crippen molar-refractivity contribution in [3.63, 3.8) is 0 Å². The van der Waals surface area contributed by atoms with Gasteiger partial charge in [-0.3, -0.25) is 5.41 Å². The molecule has 1 rings (SSSR count). The highest BCUT2D eigenvalue weighted by Gasteiger charge is 2.38. The minimum Gasteiger partial charge on any atom is -0.475 e. The van der Waals surface area contributed by atoms with Gasteiger partial charge < -0.3 is 15.7 Å². The Morgan fingerprint density at radius 1 is 1.25 bits per heavy atom. The van der Waals surface area contributed by atoms with E-state index in [9.17, 15) is 13.2 Å². The van der Waals surface area contributed by atoms with E-state index < -0.39 is 12.1 Å². The molecule has 1 saturated heterocycles. The second kappa shape index (κ2) is 6.19. The molecule has 0 radical (unpaired) electrons. The van der Waals surface area contributed by atoms with Gasteiger partial charge in [0, 0.05) is 13.1 Å². The molecule has 0 amide bonds. The van der Waals surface area contributed by atoms with Gasteiger partial charge in [0.05, 0.1) is 0 Å². The van der Waals surface area contributed by atoms with E-state index in [1.54, 1.807) is 0 Å². The van der Waals surface area contributed by atoms with Gasteiger partial charge in [-0.05, 0) is 19.3 Å². The fourth-order valence-electron chi connectivity index (χ4n) is 1.13. The lowest BCUT2D eigenvalue weighted by Crippen LogP contribution is -2.39. The lowest BCUT2D eigenvalue weighted by atomic mass is 10.1. The summed E-state index contributed by atoms with van der Waals surface area (Å²) in [6.07, 6.45) is -1.40. The summed E-state index contributed by atoms with van der Waals surface area (Å²) in [6, 6.07) is 0. The number of carbonyl (C=O) groups is 1. The fourth-order valence-corrected chi connectivity index (χ4v) is 1.13. The van der Waals surface area contributed by atoms with Crippen molar-refractivity contribution in [1.82, 2.24) is 4.90 Å². The van der Waals surface area contributed by atoms with Gasteiger partial charge in [-0.15, -0.1) is 0 Å². The highest BCUT2D eigenvalue weighted by atomic mass is 19.4. The van der Waals surface area contributed by atoms with Crippen LogP contribution in [0, 0.1) is 5.41 Å². The van der Waals surface area contributed by atoms with Crippen molar-refractivity contribution in [2.24, 2.45) is 5.73 Å². The number of alkyl halides is 3. The third-order valence-corrected chi connectivity index (χ3v) is 1.94. The zero-order valence-corrected chi connectivity index (χ0v) is 8.55. The Morgan fingerprint density at radius 3 is 1.81 bits per heavy atom. The molecule has 0 saturated carbocycles. The van der Waals surface area contributed by atoms with Crippen molar-refractivity contribution in [3.8, 4) is 0 Å². The number of aliphatic carboxylic acids is 1. The Bertz CT molecular complexity index is 249. The van der Waals surface area contributed by atoms with E-state index in [0.29, 0.717) is 0 Å². The standard InChI is InChI=1S/C6H13N3.C2HF3O2/c7-6(8)9-4-2-1-3-5-9;3-2(4,5)1(6)7/h1-5H2,(H3,7,8);(H,6,7). The Kier molecular flexibility index (Phi) is 5.62. The van der Waals surface area contributed by atoms with Crippen LogP contribution in [0.15, 0.2) is 0 Å². The van der Waals surface area contributed by atoms with E-state index >= 15 is 0 Å². The van der Waals surface area contributed by atoms with Gasteiger partial charge in [0.2, 0.25) is 0 Å². The largest absolute Gasteiger partial charge is 0.490 e. The average Bonchev–Trinajstić information content (AvgIpc) is 2.18. The second-order valence-electron chi connectivity index (χ2n) is 3.24. The minimum atomic E-state index is -5.08. The summed E-state index contributed by atoms with van der Waals surface area (Å²) in [5.41, 5.74) is 5.28. The molecule has 16 heavy (non-hydrogen) atoms. The summed E-state index contributed by atoms with van der Waals surface area (Å²) >= 11 is 0. The van der Waals surface area contributed by atoms with Crippen LogP contribution in [-0.4, -0.2) is 41.2 Å². The third-order valence-electron chi connectivity index (χ3n) is 1.94. The van der Waals surface area contributed by atoms with Crippen LogP contribution in [0.3, 0.4) is 0 Å². The summed E-state index contributed by atoms with van der Waals surface area (Å²) in [5.74, 6) is -2.53. The van der Waals surface area contributed by atoms with Crippen LogP contribution in [0.2, 0.25) is 0 Å². The first-order chi connectivity index (χ1) is 7.25. The zero-order chi connectivity index (χ0) is 12.8. The van der Waals surface area contributed by atoms with Crippen LogP contribution >= 0.6 is 0 Å². The zero-order valence-electron chi connectivity index (χ0n) is 8.55. The van der Waals surface area contributed by atoms with E-state index in [1.165, 1.54) is 19.3 Å². The number of piperidine rings is 1. The molecular formula is C8H14F3N3O2. The SMILES string of the molecule is N=C(N)N1CCCCC1.O=C(O)C(F)(F)F. The summed E-state index contributed by atoms with van der Waals surface area (Å²) in [4.78, 5) is 10.8. The van der Waals surface area contributed by atoms with Crippen molar-refractivity contribution >= 4 is 11.9 Å². The number of nitrogens with one attached hydrogen (secondary N) is 1. The Morgan fingerprint density at radius 2 is 1.62 bits per heavy atom. The molecule has 0 aromatic heterocycles. The van der Waals surface area contributed by atoms with E-state index in [1.807, 2.05) is 4.90 Å². The number of nitrogens with zero attached hydrogens (tertiary/aromatic N) is 1. The Labute approximate surface area is 90.5 Å². The summed E-state index contributed by atoms with van der Waals surface area (Å²) in [7, 11) is 0. The normalized spacial score (nSPS) is 16.1. The number of rotatable bonds is 0. The third kappa shape index (κ3) is 6.10. The summed E-state index contributed by atoms with van der Waals surface area (Å²) < 4.78 is 31.7. The van der Waals surface area contributed by atoms with Gasteiger partial charge in [0.15, 0.2) is 5.96 Å². The van der Waals surface area contributed by atoms with Crippen molar-refractivity contribution < 1.29 is 23.1 Å². The number of nitrogens with two attached hydrogens (primary N) is 1. The molecular weight excluding hydrogens is 227 g/mol. The highest BCUT2D eigenvalue weighted by Crippen LogP contribution is 2.13. The first-order valence-corrected chi connectivity index (χ1v) is 4.64. The van der Waals surface area contributed by atoms with E-state index in [0.717, 1.165) is 13.1 Å². The molecule has 0 bridgehead atoms. The molecule has 1 fully saturated rings. The minimum absolute atomic E-state index is 0.231. The van der Waals surface area contributed by atoms with E-state index in [4.69, 9.17) is 21.0 Å². The molecule has 5 nitrogen and oxygen atoms in total. The van der Waals surface area contributed by atoms with E-state index in [-0.39, 0.29) is 5.96 Å². The number of carboxylic acid groups (broad SMARTS) is 1. The molecule has 0 aromatic rings. The maximum atomic E-state index is 10.6. The van der Waals surface area contributed by atoms with Crippen molar-refractivity contribution in [1.29, 1.82) is 5.41 Å². The number of hydrogen-bond donors (Lipinski definition) is 3. The lowest BCUT2D eigenvalue weighted by Gasteiger charge is -2.26. The van der Waals surface area contributed by atoms with Crippen LogP contribution in [-0.2, 0) is 4.79 Å². The molecule has 4 N–H and O–H groups in total. The molecule has 0 aromatic carbocycles. The number of likely N-dealkylation sites (tertiary alicyclic amines) is 1. The predicted molar refractivity (Wildman–Crippen MR) is 51.0 cm³/mol. The topological polar surface area (TPSA) is 90.4 Å². The van der Waals surface area contributed by atoms with Crippen molar-refractivity contribution in [2.75, 3.05) is 13.1 Å². The Hall–Kier alpha value is -1.47. The molecule has 1 aliphatic rings. The van der Waals surface area contributed by atoms with Gasteiger partial charge in [0.25, 0.3) is 0 Å². The van der Waals surface area contributed by atoms with Crippen molar-refractivity contribution in [3.05, 3.63) is 0 Å². The van der Waals surface area contributed by atoms with Crippen LogP contribution < -0.4 is 5.73 Å². The average molecular weight is 241 g/mol. The Balaban J connectivity index is 0.000000293. The van der Waals surface area contributed by atoms with Gasteiger partial charge in [-0.2, -0.15) is 13.2 Å². The second-order valence-corrected chi connectivity index (χ2v) is 3.24. The molecule has 0 unspecified atom stereocenters. The lowest BCUT2D eigenvalue weighted by molar-refractivity contribution is -0.192. The number of carboxylic acids is 1.